The van der Waals surface area contributed by atoms with Crippen LogP contribution in [0.1, 0.15) is 32.6 Å². The Morgan fingerprint density at radius 2 is 2.25 bits per heavy atom. The fourth-order valence-corrected chi connectivity index (χ4v) is 1.67. The minimum absolute atomic E-state index is 0.0168. The molecule has 70 valence electrons. The van der Waals surface area contributed by atoms with E-state index < -0.39 is 0 Å². The third-order valence-electron chi connectivity index (χ3n) is 2.60. The van der Waals surface area contributed by atoms with E-state index in [1.165, 1.54) is 19.3 Å². The summed E-state index contributed by atoms with van der Waals surface area (Å²) in [5, 5.41) is 0. The summed E-state index contributed by atoms with van der Waals surface area (Å²) in [6, 6.07) is 0.518. The largest absolute Gasteiger partial charge is 0.342 e. The smallest absolute Gasteiger partial charge is 0.236 e. The van der Waals surface area contributed by atoms with Crippen LogP contribution in [0.2, 0.25) is 0 Å². The lowest BCUT2D eigenvalue weighted by Crippen LogP contribution is -2.44. The Morgan fingerprint density at radius 3 is 2.58 bits per heavy atom. The Hall–Kier alpha value is -0.0500. The van der Waals surface area contributed by atoms with Crippen LogP contribution in [-0.2, 0) is 4.79 Å². The van der Waals surface area contributed by atoms with E-state index in [0.29, 0.717) is 6.04 Å². The summed E-state index contributed by atoms with van der Waals surface area (Å²) in [4.78, 5) is 13.5. The highest BCUT2D eigenvalue weighted by molar-refractivity contribution is 9.10. The summed E-state index contributed by atoms with van der Waals surface area (Å²) in [5.41, 5.74) is 0. The Morgan fingerprint density at radius 1 is 1.67 bits per heavy atom. The zero-order valence-electron chi connectivity index (χ0n) is 7.72. The van der Waals surface area contributed by atoms with E-state index in [1.807, 2.05) is 18.9 Å². The Labute approximate surface area is 82.4 Å². The molecule has 1 saturated carbocycles. The van der Waals surface area contributed by atoms with Crippen LogP contribution >= 0.6 is 15.9 Å². The van der Waals surface area contributed by atoms with E-state index in [1.54, 1.807) is 0 Å². The van der Waals surface area contributed by atoms with Crippen LogP contribution in [0.5, 0.6) is 0 Å². The molecule has 0 aromatic rings. The first kappa shape index (κ1) is 10.0. The molecule has 1 rings (SSSR count). The average Bonchev–Trinajstić information content (AvgIpc) is 1.98. The molecule has 12 heavy (non-hydrogen) atoms. The molecule has 0 heterocycles. The molecule has 1 atom stereocenters. The normalized spacial score (nSPS) is 19.9. The van der Waals surface area contributed by atoms with E-state index >= 15 is 0 Å². The van der Waals surface area contributed by atoms with Gasteiger partial charge in [0.2, 0.25) is 5.91 Å². The van der Waals surface area contributed by atoms with E-state index in [9.17, 15) is 4.79 Å². The van der Waals surface area contributed by atoms with Gasteiger partial charge in [0.15, 0.2) is 0 Å². The Bertz CT molecular complexity index is 168. The molecule has 0 radical (unpaired) electrons. The number of alkyl halides is 1. The van der Waals surface area contributed by atoms with E-state index in [2.05, 4.69) is 15.9 Å². The van der Waals surface area contributed by atoms with Crippen molar-refractivity contribution < 1.29 is 4.79 Å². The van der Waals surface area contributed by atoms with Crippen LogP contribution < -0.4 is 0 Å². The number of hydrogen-bond donors (Lipinski definition) is 0. The highest BCUT2D eigenvalue weighted by Crippen LogP contribution is 2.25. The lowest BCUT2D eigenvalue weighted by molar-refractivity contribution is -0.132. The molecule has 1 fully saturated rings. The van der Waals surface area contributed by atoms with Gasteiger partial charge in [-0.1, -0.05) is 22.9 Å². The monoisotopic (exact) mass is 233 g/mol. The van der Waals surface area contributed by atoms with Gasteiger partial charge in [-0.15, -0.1) is 0 Å². The van der Waals surface area contributed by atoms with Crippen LogP contribution in [-0.4, -0.2) is 28.7 Å². The maximum atomic E-state index is 11.6. The first-order valence-corrected chi connectivity index (χ1v) is 5.49. The first-order chi connectivity index (χ1) is 5.66. The summed E-state index contributed by atoms with van der Waals surface area (Å²) in [6.45, 7) is 2.02. The topological polar surface area (TPSA) is 20.3 Å². The third kappa shape index (κ3) is 2.00. The maximum absolute atomic E-state index is 11.6. The average molecular weight is 234 g/mol. The molecule has 1 amide bonds. The van der Waals surface area contributed by atoms with Gasteiger partial charge in [0.05, 0.1) is 4.83 Å². The molecule has 0 spiro atoms. The number of halogens is 1. The summed E-state index contributed by atoms with van der Waals surface area (Å²) in [6.07, 6.45) is 4.52. The van der Waals surface area contributed by atoms with E-state index in [-0.39, 0.29) is 10.7 Å². The molecular formula is C9H16BrNO. The highest BCUT2D eigenvalue weighted by Gasteiger charge is 2.28. The van der Waals surface area contributed by atoms with Crippen molar-refractivity contribution in [2.75, 3.05) is 7.05 Å². The molecule has 0 aromatic carbocycles. The van der Waals surface area contributed by atoms with E-state index in [4.69, 9.17) is 0 Å². The van der Waals surface area contributed by atoms with Gasteiger partial charge in [-0.2, -0.15) is 0 Å². The molecule has 3 heteroatoms. The lowest BCUT2D eigenvalue weighted by atomic mass is 9.91. The standard InChI is InChI=1S/C9H16BrNO/c1-3-8(10)9(12)11(2)7-5-4-6-7/h7-8H,3-6H2,1-2H3. The fraction of sp³-hybridized carbons (Fsp3) is 0.889. The molecule has 2 nitrogen and oxygen atoms in total. The fourth-order valence-electron chi connectivity index (χ4n) is 1.35. The Balaban J connectivity index is 2.39. The van der Waals surface area contributed by atoms with Crippen LogP contribution in [0.4, 0.5) is 0 Å². The molecular weight excluding hydrogens is 218 g/mol. The van der Waals surface area contributed by atoms with Gasteiger partial charge < -0.3 is 4.90 Å². The van der Waals surface area contributed by atoms with Crippen molar-refractivity contribution in [2.45, 2.75) is 43.5 Å². The van der Waals surface area contributed by atoms with Crippen molar-refractivity contribution in [2.24, 2.45) is 0 Å². The van der Waals surface area contributed by atoms with Gasteiger partial charge in [-0.05, 0) is 25.7 Å². The predicted molar refractivity (Wildman–Crippen MR) is 53.4 cm³/mol. The van der Waals surface area contributed by atoms with Crippen LogP contribution in [0.15, 0.2) is 0 Å². The van der Waals surface area contributed by atoms with Crippen LogP contribution in [0, 0.1) is 0 Å². The van der Waals surface area contributed by atoms with Gasteiger partial charge in [-0.25, -0.2) is 0 Å². The second-order valence-electron chi connectivity index (χ2n) is 3.41. The summed E-state index contributed by atoms with van der Waals surface area (Å²) in [5.74, 6) is 0.238. The minimum Gasteiger partial charge on any atom is -0.342 e. The summed E-state index contributed by atoms with van der Waals surface area (Å²) < 4.78 is 0. The lowest BCUT2D eigenvalue weighted by Gasteiger charge is -2.35. The number of carbonyl (C=O) groups is 1. The van der Waals surface area contributed by atoms with Crippen molar-refractivity contribution in [1.29, 1.82) is 0 Å². The summed E-state index contributed by atoms with van der Waals surface area (Å²) in [7, 11) is 1.91. The molecule has 0 aromatic heterocycles. The van der Waals surface area contributed by atoms with Crippen LogP contribution in [0.3, 0.4) is 0 Å². The zero-order chi connectivity index (χ0) is 9.14. The SMILES string of the molecule is CCC(Br)C(=O)N(C)C1CCC1. The van der Waals surface area contributed by atoms with Gasteiger partial charge in [0.1, 0.15) is 0 Å². The molecule has 0 N–H and O–H groups in total. The number of rotatable bonds is 3. The molecule has 1 unspecified atom stereocenters. The van der Waals surface area contributed by atoms with Gasteiger partial charge >= 0.3 is 0 Å². The Kier molecular flexibility index (Phi) is 3.56. The van der Waals surface area contributed by atoms with Crippen molar-refractivity contribution in [3.05, 3.63) is 0 Å². The number of nitrogens with zero attached hydrogens (tertiary/aromatic N) is 1. The highest BCUT2D eigenvalue weighted by atomic mass is 79.9. The number of amides is 1. The van der Waals surface area contributed by atoms with Gasteiger partial charge in [0, 0.05) is 13.1 Å². The molecule has 1 aliphatic carbocycles. The van der Waals surface area contributed by atoms with Crippen molar-refractivity contribution in [3.8, 4) is 0 Å². The van der Waals surface area contributed by atoms with Crippen molar-refractivity contribution >= 4 is 21.8 Å². The van der Waals surface area contributed by atoms with E-state index in [0.717, 1.165) is 6.42 Å². The molecule has 0 bridgehead atoms. The zero-order valence-corrected chi connectivity index (χ0v) is 9.30. The van der Waals surface area contributed by atoms with Gasteiger partial charge in [-0.3, -0.25) is 4.79 Å². The molecule has 0 saturated heterocycles. The quantitative estimate of drug-likeness (QED) is 0.685. The minimum atomic E-state index is 0.0168. The maximum Gasteiger partial charge on any atom is 0.236 e. The summed E-state index contributed by atoms with van der Waals surface area (Å²) >= 11 is 3.37. The number of carbonyl (C=O) groups excluding carboxylic acids is 1. The van der Waals surface area contributed by atoms with Crippen molar-refractivity contribution in [1.82, 2.24) is 4.90 Å². The van der Waals surface area contributed by atoms with Gasteiger partial charge in [0.25, 0.3) is 0 Å². The first-order valence-electron chi connectivity index (χ1n) is 4.57. The van der Waals surface area contributed by atoms with Crippen molar-refractivity contribution in [3.63, 3.8) is 0 Å². The second-order valence-corrected chi connectivity index (χ2v) is 4.51. The molecule has 1 aliphatic rings. The molecule has 0 aliphatic heterocycles. The predicted octanol–water partition coefficient (Wildman–Crippen LogP) is 2.17. The van der Waals surface area contributed by atoms with Crippen LogP contribution in [0.25, 0.3) is 0 Å². The second kappa shape index (κ2) is 4.26. The third-order valence-corrected chi connectivity index (χ3v) is 3.64. The number of hydrogen-bond acceptors (Lipinski definition) is 1.